The number of rotatable bonds is 59. The van der Waals surface area contributed by atoms with Crippen LogP contribution in [0.1, 0.15) is 258 Å². The van der Waals surface area contributed by atoms with Crippen LogP contribution in [0.3, 0.4) is 0 Å². The largest absolute Gasteiger partial charge is 0.756 e. The third-order valence-corrected chi connectivity index (χ3v) is 14.6. The van der Waals surface area contributed by atoms with Crippen molar-refractivity contribution in [3.05, 3.63) is 134 Å². The summed E-state index contributed by atoms with van der Waals surface area (Å²) in [5.74, 6) is -0.843. The molecule has 0 saturated carbocycles. The van der Waals surface area contributed by atoms with Gasteiger partial charge in [-0.2, -0.15) is 0 Å². The van der Waals surface area contributed by atoms with Crippen molar-refractivity contribution in [1.82, 2.24) is 0 Å². The van der Waals surface area contributed by atoms with Crippen LogP contribution >= 0.6 is 7.82 Å². The molecule has 0 aromatic rings. The summed E-state index contributed by atoms with van der Waals surface area (Å²) in [6.07, 6.45) is 89.3. The molecule has 0 rings (SSSR count). The van der Waals surface area contributed by atoms with Crippen LogP contribution in [0.5, 0.6) is 0 Å². The molecule has 468 valence electrons. The predicted molar refractivity (Wildman–Crippen MR) is 351 cm³/mol. The lowest BCUT2D eigenvalue weighted by atomic mass is 10.0. The zero-order chi connectivity index (χ0) is 59.8. The quantitative estimate of drug-likeness (QED) is 0.0195. The summed E-state index contributed by atoms with van der Waals surface area (Å²) in [5.41, 5.74) is 0. The number of ether oxygens (including phenoxy) is 2. The van der Waals surface area contributed by atoms with Gasteiger partial charge in [-0.1, -0.05) is 270 Å². The number of likely N-dealkylation sites (N-methyl/N-ethyl adjacent to an activating group) is 1. The van der Waals surface area contributed by atoms with Gasteiger partial charge in [-0.05, 0) is 109 Å². The van der Waals surface area contributed by atoms with Gasteiger partial charge in [0.05, 0.1) is 27.7 Å². The molecule has 0 radical (unpaired) electrons. The lowest BCUT2D eigenvalue weighted by Gasteiger charge is -2.28. The molecule has 0 heterocycles. The van der Waals surface area contributed by atoms with E-state index in [9.17, 15) is 19.0 Å². The highest BCUT2D eigenvalue weighted by molar-refractivity contribution is 7.45. The normalized spacial score (nSPS) is 14.1. The first-order chi connectivity index (χ1) is 40.0. The van der Waals surface area contributed by atoms with Gasteiger partial charge in [0.15, 0.2) is 6.10 Å². The van der Waals surface area contributed by atoms with Crippen LogP contribution in [0.4, 0.5) is 0 Å². The topological polar surface area (TPSA) is 111 Å². The Kier molecular flexibility index (Phi) is 58.8. The Bertz CT molecular complexity index is 1850. The van der Waals surface area contributed by atoms with Crippen molar-refractivity contribution in [3.63, 3.8) is 0 Å². The number of carbonyl (C=O) groups is 2. The van der Waals surface area contributed by atoms with E-state index in [0.717, 1.165) is 116 Å². The van der Waals surface area contributed by atoms with Gasteiger partial charge < -0.3 is 27.9 Å². The molecular formula is C72H122NO8P. The number of quaternary nitrogens is 1. The maximum absolute atomic E-state index is 12.9. The summed E-state index contributed by atoms with van der Waals surface area (Å²) < 4.78 is 34.3. The third-order valence-electron chi connectivity index (χ3n) is 13.7. The maximum atomic E-state index is 12.9. The number of carbonyl (C=O) groups excluding carboxylic acids is 2. The van der Waals surface area contributed by atoms with Crippen LogP contribution < -0.4 is 4.89 Å². The predicted octanol–water partition coefficient (Wildman–Crippen LogP) is 20.6. The molecule has 0 N–H and O–H groups in total. The number of hydrogen-bond acceptors (Lipinski definition) is 8. The van der Waals surface area contributed by atoms with E-state index in [1.807, 2.05) is 21.1 Å². The summed E-state index contributed by atoms with van der Waals surface area (Å²) in [5, 5.41) is 0. The second-order valence-corrected chi connectivity index (χ2v) is 24.1. The number of unbranched alkanes of at least 4 members (excludes halogenated alkanes) is 23. The Hall–Kier alpha value is -3.85. The number of phosphoric acid groups is 1. The standard InChI is InChI=1S/C72H122NO8P/c1-6-8-10-12-14-16-18-20-22-24-26-28-30-32-34-36-38-40-42-44-46-48-50-52-54-56-58-60-62-64-71(74)78-68-70(69-80-82(76,77)79-67-66-73(3,4)5)81-72(75)65-63-61-59-57-55-53-51-49-47-45-43-41-39-37-35-33-31-29-27-25-23-21-19-17-15-13-11-9-7-2/h8-11,14-17,20-23,26-29,32-35,39,41,70H,6-7,12-13,18-19,24-25,30-31,36-38,40,42-69H2,1-5H3/b10-8-,11-9-,16-14-,17-15-,22-20-,23-21-,28-26-,29-27-,34-32-,35-33-,41-39-. The van der Waals surface area contributed by atoms with Gasteiger partial charge in [0.2, 0.25) is 0 Å². The Morgan fingerprint density at radius 1 is 0.378 bits per heavy atom. The second-order valence-electron chi connectivity index (χ2n) is 22.7. The molecule has 2 atom stereocenters. The first-order valence-corrected chi connectivity index (χ1v) is 34.4. The highest BCUT2D eigenvalue weighted by Crippen LogP contribution is 2.38. The molecule has 0 aliphatic heterocycles. The summed E-state index contributed by atoms with van der Waals surface area (Å²) in [6.45, 7) is 4.01. The number of allylic oxidation sites excluding steroid dienone is 22. The van der Waals surface area contributed by atoms with Crippen molar-refractivity contribution in [3.8, 4) is 0 Å². The molecule has 0 aromatic carbocycles. The molecular weight excluding hydrogens is 1040 g/mol. The Morgan fingerprint density at radius 3 is 0.976 bits per heavy atom. The number of phosphoric ester groups is 1. The highest BCUT2D eigenvalue weighted by Gasteiger charge is 2.22. The van der Waals surface area contributed by atoms with Gasteiger partial charge in [-0.25, -0.2) is 0 Å². The monoisotopic (exact) mass is 1160 g/mol. The Labute approximate surface area is 504 Å². The van der Waals surface area contributed by atoms with E-state index in [2.05, 4.69) is 148 Å². The fraction of sp³-hybridized carbons (Fsp3) is 0.667. The summed E-state index contributed by atoms with van der Waals surface area (Å²) in [6, 6.07) is 0. The van der Waals surface area contributed by atoms with E-state index in [4.69, 9.17) is 18.5 Å². The van der Waals surface area contributed by atoms with E-state index in [0.29, 0.717) is 17.4 Å². The SMILES string of the molecule is CC/C=C\C/C=C\C/C=C\C/C=C\C/C=C\C/C=C\CCCCCCCCCCCCC(=O)OC(COC(=O)CCCCCCCCCCCCCCC/C=C\C/C=C\C/C=C\C/C=C\C/C=C\CC)COP(=O)([O-])OCC[N+](C)(C)C. The lowest BCUT2D eigenvalue weighted by Crippen LogP contribution is -2.37. The minimum absolute atomic E-state index is 0.0379. The van der Waals surface area contributed by atoms with Crippen LogP contribution in [-0.4, -0.2) is 70.0 Å². The van der Waals surface area contributed by atoms with Crippen LogP contribution in [0.25, 0.3) is 0 Å². The van der Waals surface area contributed by atoms with Gasteiger partial charge in [0.25, 0.3) is 7.82 Å². The lowest BCUT2D eigenvalue weighted by molar-refractivity contribution is -0.870. The molecule has 0 fully saturated rings. The molecule has 0 amide bonds. The average Bonchev–Trinajstić information content (AvgIpc) is 3.45. The van der Waals surface area contributed by atoms with E-state index in [1.54, 1.807) is 0 Å². The molecule has 0 spiro atoms. The zero-order valence-electron chi connectivity index (χ0n) is 53.1. The minimum Gasteiger partial charge on any atom is -0.756 e. The molecule has 2 unspecified atom stereocenters. The Balaban J connectivity index is 4.13. The van der Waals surface area contributed by atoms with Crippen LogP contribution in [0.2, 0.25) is 0 Å². The van der Waals surface area contributed by atoms with E-state index < -0.39 is 26.5 Å². The van der Waals surface area contributed by atoms with E-state index >= 15 is 0 Å². The van der Waals surface area contributed by atoms with E-state index in [1.165, 1.54) is 109 Å². The molecule has 9 nitrogen and oxygen atoms in total. The van der Waals surface area contributed by atoms with Crippen molar-refractivity contribution >= 4 is 19.8 Å². The van der Waals surface area contributed by atoms with Gasteiger partial charge in [0.1, 0.15) is 19.8 Å². The smallest absolute Gasteiger partial charge is 0.306 e. The molecule has 0 aromatic heterocycles. The van der Waals surface area contributed by atoms with Crippen LogP contribution in [-0.2, 0) is 32.7 Å². The van der Waals surface area contributed by atoms with Gasteiger partial charge in [-0.3, -0.25) is 14.2 Å². The Morgan fingerprint density at radius 2 is 0.659 bits per heavy atom. The van der Waals surface area contributed by atoms with Crippen LogP contribution in [0, 0.1) is 0 Å². The molecule has 0 saturated heterocycles. The van der Waals surface area contributed by atoms with Gasteiger partial charge in [-0.15, -0.1) is 0 Å². The molecule has 0 aliphatic carbocycles. The fourth-order valence-corrected chi connectivity index (χ4v) is 9.42. The highest BCUT2D eigenvalue weighted by atomic mass is 31.2. The number of hydrogen-bond donors (Lipinski definition) is 0. The molecule has 0 aliphatic rings. The molecule has 82 heavy (non-hydrogen) atoms. The maximum Gasteiger partial charge on any atom is 0.306 e. The van der Waals surface area contributed by atoms with Crippen molar-refractivity contribution < 1.29 is 42.1 Å². The fourth-order valence-electron chi connectivity index (χ4n) is 8.69. The number of esters is 2. The first-order valence-electron chi connectivity index (χ1n) is 32.9. The zero-order valence-corrected chi connectivity index (χ0v) is 54.0. The third kappa shape index (κ3) is 65.3. The van der Waals surface area contributed by atoms with Gasteiger partial charge >= 0.3 is 11.9 Å². The van der Waals surface area contributed by atoms with Crippen molar-refractivity contribution in [1.29, 1.82) is 0 Å². The first kappa shape index (κ1) is 78.1. The second kappa shape index (κ2) is 61.7. The average molecular weight is 1160 g/mol. The molecule has 10 heteroatoms. The summed E-state index contributed by atoms with van der Waals surface area (Å²) >= 11 is 0. The van der Waals surface area contributed by atoms with Gasteiger partial charge in [0, 0.05) is 12.8 Å². The van der Waals surface area contributed by atoms with Crippen molar-refractivity contribution in [2.45, 2.75) is 264 Å². The minimum atomic E-state index is -4.65. The summed E-state index contributed by atoms with van der Waals surface area (Å²) in [7, 11) is 1.15. The van der Waals surface area contributed by atoms with E-state index in [-0.39, 0.29) is 32.0 Å². The van der Waals surface area contributed by atoms with Crippen molar-refractivity contribution in [2.75, 3.05) is 47.5 Å². The summed E-state index contributed by atoms with van der Waals surface area (Å²) in [4.78, 5) is 38.0. The molecule has 0 bridgehead atoms. The van der Waals surface area contributed by atoms with Crippen LogP contribution in [0.15, 0.2) is 134 Å². The van der Waals surface area contributed by atoms with Crippen molar-refractivity contribution in [2.24, 2.45) is 0 Å². The number of nitrogens with zero attached hydrogens (tertiary/aromatic N) is 1.